The van der Waals surface area contributed by atoms with Gasteiger partial charge < -0.3 is 5.73 Å². The summed E-state index contributed by atoms with van der Waals surface area (Å²) in [5.74, 6) is 0. The Morgan fingerprint density at radius 2 is 2.00 bits per heavy atom. The molecule has 1 heterocycles. The van der Waals surface area contributed by atoms with Crippen molar-refractivity contribution in [3.8, 4) is 0 Å². The SMILES string of the molecule is CCC(N)(CC)c1cscc1Br. The zero-order valence-corrected chi connectivity index (χ0v) is 9.83. The first-order valence-electron chi connectivity index (χ1n) is 4.15. The number of hydrogen-bond acceptors (Lipinski definition) is 2. The van der Waals surface area contributed by atoms with Gasteiger partial charge in [-0.15, -0.1) is 0 Å². The van der Waals surface area contributed by atoms with Crippen molar-refractivity contribution in [3.05, 3.63) is 20.8 Å². The van der Waals surface area contributed by atoms with E-state index in [1.807, 2.05) is 0 Å². The molecule has 1 nitrogen and oxygen atoms in total. The largest absolute Gasteiger partial charge is 0.321 e. The maximum atomic E-state index is 6.24. The smallest absolute Gasteiger partial charge is 0.0423 e. The Hall–Kier alpha value is 0.140. The van der Waals surface area contributed by atoms with E-state index < -0.39 is 0 Å². The highest BCUT2D eigenvalue weighted by Crippen LogP contribution is 2.34. The van der Waals surface area contributed by atoms with Crippen LogP contribution in [0.25, 0.3) is 0 Å². The number of halogens is 1. The van der Waals surface area contributed by atoms with Crippen LogP contribution in [0.5, 0.6) is 0 Å². The van der Waals surface area contributed by atoms with Gasteiger partial charge in [0.1, 0.15) is 0 Å². The van der Waals surface area contributed by atoms with E-state index in [0.717, 1.165) is 17.3 Å². The molecule has 0 bridgehead atoms. The maximum Gasteiger partial charge on any atom is 0.0423 e. The highest BCUT2D eigenvalue weighted by Gasteiger charge is 2.25. The Balaban J connectivity index is 3.02. The predicted molar refractivity (Wildman–Crippen MR) is 58.5 cm³/mol. The highest BCUT2D eigenvalue weighted by molar-refractivity contribution is 9.10. The number of hydrogen-bond donors (Lipinski definition) is 1. The van der Waals surface area contributed by atoms with Gasteiger partial charge in [-0.25, -0.2) is 0 Å². The Kier molecular flexibility index (Phi) is 3.32. The molecule has 68 valence electrons. The van der Waals surface area contributed by atoms with E-state index >= 15 is 0 Å². The minimum atomic E-state index is -0.140. The van der Waals surface area contributed by atoms with Gasteiger partial charge in [-0.1, -0.05) is 13.8 Å². The quantitative estimate of drug-likeness (QED) is 0.870. The lowest BCUT2D eigenvalue weighted by Gasteiger charge is -2.26. The monoisotopic (exact) mass is 247 g/mol. The molecule has 1 aromatic heterocycles. The van der Waals surface area contributed by atoms with E-state index in [-0.39, 0.29) is 5.54 Å². The molecule has 0 aromatic carbocycles. The summed E-state index contributed by atoms with van der Waals surface area (Å²) >= 11 is 5.21. The zero-order valence-electron chi connectivity index (χ0n) is 7.43. The third-order valence-corrected chi connectivity index (χ3v) is 4.12. The van der Waals surface area contributed by atoms with Crippen LogP contribution >= 0.6 is 27.3 Å². The van der Waals surface area contributed by atoms with E-state index in [0.29, 0.717) is 0 Å². The van der Waals surface area contributed by atoms with Gasteiger partial charge in [0, 0.05) is 15.4 Å². The van der Waals surface area contributed by atoms with Gasteiger partial charge in [0.25, 0.3) is 0 Å². The first kappa shape index (κ1) is 10.2. The fourth-order valence-electron chi connectivity index (χ4n) is 1.27. The molecule has 0 unspecified atom stereocenters. The van der Waals surface area contributed by atoms with Gasteiger partial charge in [-0.3, -0.25) is 0 Å². The van der Waals surface area contributed by atoms with E-state index in [1.54, 1.807) is 11.3 Å². The van der Waals surface area contributed by atoms with E-state index in [2.05, 4.69) is 40.5 Å². The molecule has 0 saturated carbocycles. The molecule has 0 fully saturated rings. The van der Waals surface area contributed by atoms with Crippen molar-refractivity contribution in [3.63, 3.8) is 0 Å². The number of rotatable bonds is 3. The summed E-state index contributed by atoms with van der Waals surface area (Å²) in [6, 6.07) is 0. The van der Waals surface area contributed by atoms with E-state index in [1.165, 1.54) is 5.56 Å². The molecular weight excluding hydrogens is 234 g/mol. The summed E-state index contributed by atoms with van der Waals surface area (Å²) in [6.45, 7) is 4.27. The van der Waals surface area contributed by atoms with Crippen LogP contribution in [0.2, 0.25) is 0 Å². The van der Waals surface area contributed by atoms with Crippen LogP contribution < -0.4 is 5.73 Å². The standard InChI is InChI=1S/C9H14BrNS/c1-3-9(11,4-2)7-5-12-6-8(7)10/h5-6H,3-4,11H2,1-2H3. The lowest BCUT2D eigenvalue weighted by Crippen LogP contribution is -2.34. The molecule has 1 aromatic rings. The van der Waals surface area contributed by atoms with Gasteiger partial charge in [0.05, 0.1) is 0 Å². The second kappa shape index (κ2) is 3.90. The van der Waals surface area contributed by atoms with Gasteiger partial charge in [-0.05, 0) is 39.7 Å². The summed E-state index contributed by atoms with van der Waals surface area (Å²) in [5, 5.41) is 4.22. The molecule has 0 amide bonds. The van der Waals surface area contributed by atoms with Gasteiger partial charge in [-0.2, -0.15) is 11.3 Å². The number of thiophene rings is 1. The number of nitrogens with two attached hydrogens (primary N) is 1. The molecule has 0 atom stereocenters. The molecule has 0 aliphatic heterocycles. The third kappa shape index (κ3) is 1.73. The molecule has 12 heavy (non-hydrogen) atoms. The Labute approximate surface area is 86.1 Å². The summed E-state index contributed by atoms with van der Waals surface area (Å²) in [6.07, 6.45) is 1.97. The average molecular weight is 248 g/mol. The summed E-state index contributed by atoms with van der Waals surface area (Å²) in [7, 11) is 0. The molecule has 2 N–H and O–H groups in total. The Morgan fingerprint density at radius 3 is 2.33 bits per heavy atom. The minimum absolute atomic E-state index is 0.140. The normalized spacial score (nSPS) is 12.0. The van der Waals surface area contributed by atoms with Crippen LogP contribution in [-0.4, -0.2) is 0 Å². The maximum absolute atomic E-state index is 6.24. The van der Waals surface area contributed by atoms with E-state index in [4.69, 9.17) is 5.73 Å². The van der Waals surface area contributed by atoms with Crippen molar-refractivity contribution < 1.29 is 0 Å². The highest BCUT2D eigenvalue weighted by atomic mass is 79.9. The average Bonchev–Trinajstić information content (AvgIpc) is 2.51. The first-order valence-corrected chi connectivity index (χ1v) is 5.88. The van der Waals surface area contributed by atoms with Crippen molar-refractivity contribution in [1.82, 2.24) is 0 Å². The summed E-state index contributed by atoms with van der Waals surface area (Å²) < 4.78 is 1.15. The van der Waals surface area contributed by atoms with Gasteiger partial charge in [0.2, 0.25) is 0 Å². The minimum Gasteiger partial charge on any atom is -0.321 e. The van der Waals surface area contributed by atoms with Crippen molar-refractivity contribution in [2.75, 3.05) is 0 Å². The zero-order chi connectivity index (χ0) is 9.19. The van der Waals surface area contributed by atoms with Gasteiger partial charge >= 0.3 is 0 Å². The molecule has 3 heteroatoms. The first-order chi connectivity index (χ1) is 5.64. The molecule has 0 aliphatic rings. The summed E-state index contributed by atoms with van der Waals surface area (Å²) in [4.78, 5) is 0. The predicted octanol–water partition coefficient (Wildman–Crippen LogP) is 3.48. The molecular formula is C9H14BrNS. The van der Waals surface area contributed by atoms with Crippen LogP contribution in [0.1, 0.15) is 32.3 Å². The van der Waals surface area contributed by atoms with Crippen molar-refractivity contribution in [2.24, 2.45) is 5.73 Å². The molecule has 0 saturated heterocycles. The Bertz CT molecular complexity index is 253. The van der Waals surface area contributed by atoms with Gasteiger partial charge in [0.15, 0.2) is 0 Å². The lowest BCUT2D eigenvalue weighted by atomic mass is 9.88. The second-order valence-electron chi connectivity index (χ2n) is 3.00. The molecule has 0 spiro atoms. The summed E-state index contributed by atoms with van der Waals surface area (Å²) in [5.41, 5.74) is 7.35. The molecule has 0 radical (unpaired) electrons. The van der Waals surface area contributed by atoms with Crippen LogP contribution in [0.4, 0.5) is 0 Å². The van der Waals surface area contributed by atoms with Crippen molar-refractivity contribution in [2.45, 2.75) is 32.2 Å². The molecule has 1 rings (SSSR count). The van der Waals surface area contributed by atoms with Crippen LogP contribution in [0.3, 0.4) is 0 Å². The fraction of sp³-hybridized carbons (Fsp3) is 0.556. The van der Waals surface area contributed by atoms with Crippen molar-refractivity contribution >= 4 is 27.3 Å². The van der Waals surface area contributed by atoms with Crippen LogP contribution in [0, 0.1) is 0 Å². The third-order valence-electron chi connectivity index (χ3n) is 2.41. The van der Waals surface area contributed by atoms with Crippen LogP contribution in [-0.2, 0) is 5.54 Å². The lowest BCUT2D eigenvalue weighted by molar-refractivity contribution is 0.412. The van der Waals surface area contributed by atoms with E-state index in [9.17, 15) is 0 Å². The molecule has 0 aliphatic carbocycles. The second-order valence-corrected chi connectivity index (χ2v) is 4.59. The van der Waals surface area contributed by atoms with Crippen LogP contribution in [0.15, 0.2) is 15.2 Å². The topological polar surface area (TPSA) is 26.0 Å². The Morgan fingerprint density at radius 1 is 1.42 bits per heavy atom. The fourth-order valence-corrected chi connectivity index (χ4v) is 3.06. The van der Waals surface area contributed by atoms with Crippen molar-refractivity contribution in [1.29, 1.82) is 0 Å².